The summed E-state index contributed by atoms with van der Waals surface area (Å²) in [5, 5.41) is 16.3. The smallest absolute Gasteiger partial charge is 0.307 e. The lowest BCUT2D eigenvalue weighted by Crippen LogP contribution is -2.36. The zero-order chi connectivity index (χ0) is 22.3. The van der Waals surface area contributed by atoms with Crippen molar-refractivity contribution in [3.63, 3.8) is 0 Å². The van der Waals surface area contributed by atoms with Gasteiger partial charge >= 0.3 is 5.97 Å². The van der Waals surface area contributed by atoms with Crippen LogP contribution in [0.4, 0.5) is 5.00 Å². The van der Waals surface area contributed by atoms with E-state index in [1.54, 1.807) is 0 Å². The molecule has 1 aromatic rings. The van der Waals surface area contributed by atoms with Crippen LogP contribution < -0.4 is 10.6 Å². The van der Waals surface area contributed by atoms with E-state index in [9.17, 15) is 19.5 Å². The van der Waals surface area contributed by atoms with Gasteiger partial charge in [-0.05, 0) is 61.8 Å². The van der Waals surface area contributed by atoms with Crippen LogP contribution >= 0.6 is 11.3 Å². The van der Waals surface area contributed by atoms with Gasteiger partial charge < -0.3 is 15.7 Å². The minimum absolute atomic E-state index is 0.0945. The summed E-state index contributed by atoms with van der Waals surface area (Å²) in [7, 11) is 0. The summed E-state index contributed by atoms with van der Waals surface area (Å²) in [6, 6.07) is 0.243. The van der Waals surface area contributed by atoms with Crippen LogP contribution in [0.1, 0.15) is 86.5 Å². The number of hydrogen-bond acceptors (Lipinski definition) is 4. The molecule has 0 radical (unpaired) electrons. The van der Waals surface area contributed by atoms with E-state index in [4.69, 9.17) is 0 Å². The Morgan fingerprint density at radius 3 is 2.29 bits per heavy atom. The average molecular weight is 447 g/mol. The number of carbonyl (C=O) groups is 3. The van der Waals surface area contributed by atoms with Crippen molar-refractivity contribution in [2.75, 3.05) is 5.32 Å². The van der Waals surface area contributed by atoms with Crippen molar-refractivity contribution >= 4 is 34.1 Å². The number of carboxylic acid groups (broad SMARTS) is 1. The second-order valence-corrected chi connectivity index (χ2v) is 11.7. The van der Waals surface area contributed by atoms with E-state index in [0.717, 1.165) is 50.5 Å². The number of nitrogens with one attached hydrogen (secondary N) is 2. The second kappa shape index (κ2) is 8.57. The number of aliphatic carboxylic acids is 1. The molecule has 3 aliphatic rings. The summed E-state index contributed by atoms with van der Waals surface area (Å²) in [5.74, 6) is -1.88. The molecule has 1 aromatic heterocycles. The van der Waals surface area contributed by atoms with Gasteiger partial charge in [0.25, 0.3) is 5.91 Å². The molecule has 0 unspecified atom stereocenters. The summed E-state index contributed by atoms with van der Waals surface area (Å²) in [5.41, 5.74) is 1.89. The number of hydrogen-bond donors (Lipinski definition) is 3. The lowest BCUT2D eigenvalue weighted by atomic mass is 9.72. The number of amides is 2. The van der Waals surface area contributed by atoms with Crippen LogP contribution in [0.2, 0.25) is 0 Å². The predicted molar refractivity (Wildman–Crippen MR) is 121 cm³/mol. The van der Waals surface area contributed by atoms with Gasteiger partial charge in [-0.15, -0.1) is 11.3 Å². The van der Waals surface area contributed by atoms with E-state index in [2.05, 4.69) is 31.4 Å². The molecular weight excluding hydrogens is 412 g/mol. The molecule has 2 amide bonds. The Morgan fingerprint density at radius 1 is 1.00 bits per heavy atom. The highest BCUT2D eigenvalue weighted by atomic mass is 32.1. The normalized spacial score (nSPS) is 26.1. The minimum atomic E-state index is -0.898. The van der Waals surface area contributed by atoms with Crippen molar-refractivity contribution in [1.29, 1.82) is 0 Å². The van der Waals surface area contributed by atoms with Crippen LogP contribution in [-0.2, 0) is 22.4 Å². The molecule has 0 aliphatic heterocycles. The molecule has 1 heterocycles. The molecular formula is C24H34N2O4S. The highest BCUT2D eigenvalue weighted by molar-refractivity contribution is 7.17. The maximum atomic E-state index is 13.1. The van der Waals surface area contributed by atoms with Crippen molar-refractivity contribution < 1.29 is 19.5 Å². The van der Waals surface area contributed by atoms with Gasteiger partial charge in [-0.3, -0.25) is 14.4 Å². The summed E-state index contributed by atoms with van der Waals surface area (Å²) in [4.78, 5) is 39.1. The van der Waals surface area contributed by atoms with E-state index in [1.807, 2.05) is 0 Å². The van der Waals surface area contributed by atoms with Crippen LogP contribution in [0.25, 0.3) is 0 Å². The molecule has 170 valence electrons. The predicted octanol–water partition coefficient (Wildman–Crippen LogP) is 4.62. The molecule has 0 aromatic carbocycles. The van der Waals surface area contributed by atoms with E-state index in [0.29, 0.717) is 29.3 Å². The zero-order valence-electron chi connectivity index (χ0n) is 18.8. The molecule has 31 heavy (non-hydrogen) atoms. The van der Waals surface area contributed by atoms with Crippen LogP contribution in [0.3, 0.4) is 0 Å². The minimum Gasteiger partial charge on any atom is -0.481 e. The van der Waals surface area contributed by atoms with E-state index in [-0.39, 0.29) is 23.3 Å². The molecule has 3 atom stereocenters. The summed E-state index contributed by atoms with van der Waals surface area (Å²) in [6.07, 6.45) is 7.65. The Hall–Kier alpha value is -1.89. The molecule has 0 spiro atoms. The van der Waals surface area contributed by atoms with Gasteiger partial charge in [-0.2, -0.15) is 0 Å². The Kier molecular flexibility index (Phi) is 6.16. The Bertz CT molecular complexity index is 881. The van der Waals surface area contributed by atoms with E-state index < -0.39 is 17.8 Å². The van der Waals surface area contributed by atoms with Gasteiger partial charge in [0.05, 0.1) is 17.4 Å². The SMILES string of the molecule is CC(C)(C)[C@@H]1CCc2c(sc(NC(=O)[C@@H]3CCCC[C@H]3C(=O)O)c2C(=O)NC2CC2)C1. The Morgan fingerprint density at radius 2 is 1.68 bits per heavy atom. The molecule has 7 heteroatoms. The fourth-order valence-corrected chi connectivity index (χ4v) is 6.41. The summed E-state index contributed by atoms with van der Waals surface area (Å²) >= 11 is 1.52. The molecule has 6 nitrogen and oxygen atoms in total. The van der Waals surface area contributed by atoms with Crippen LogP contribution in [0, 0.1) is 23.2 Å². The van der Waals surface area contributed by atoms with Crippen molar-refractivity contribution in [1.82, 2.24) is 5.32 Å². The van der Waals surface area contributed by atoms with E-state index in [1.165, 1.54) is 16.2 Å². The van der Waals surface area contributed by atoms with Gasteiger partial charge in [-0.1, -0.05) is 33.6 Å². The van der Waals surface area contributed by atoms with Crippen molar-refractivity contribution in [2.45, 2.75) is 84.6 Å². The highest BCUT2D eigenvalue weighted by Gasteiger charge is 2.38. The number of rotatable bonds is 5. The van der Waals surface area contributed by atoms with Crippen molar-refractivity contribution in [3.05, 3.63) is 16.0 Å². The van der Waals surface area contributed by atoms with Gasteiger partial charge in [0.15, 0.2) is 0 Å². The zero-order valence-corrected chi connectivity index (χ0v) is 19.6. The highest BCUT2D eigenvalue weighted by Crippen LogP contribution is 2.45. The molecule has 3 aliphatic carbocycles. The third kappa shape index (κ3) is 4.81. The summed E-state index contributed by atoms with van der Waals surface area (Å²) in [6.45, 7) is 6.78. The van der Waals surface area contributed by atoms with Gasteiger partial charge in [0.2, 0.25) is 5.91 Å². The standard InChI is InChI=1S/C24H34N2O4S/c1-24(2,3)13-8-11-17-18(12-13)31-22(19(17)21(28)25-14-9-10-14)26-20(27)15-6-4-5-7-16(15)23(29)30/h13-16H,4-12H2,1-3H3,(H,25,28)(H,26,27)(H,29,30)/t13-,15-,16-/m1/s1. The molecule has 2 fully saturated rings. The lowest BCUT2D eigenvalue weighted by molar-refractivity contribution is -0.147. The third-order valence-electron chi connectivity index (χ3n) is 7.29. The first-order valence-corrected chi connectivity index (χ1v) is 12.5. The number of anilines is 1. The quantitative estimate of drug-likeness (QED) is 0.615. The third-order valence-corrected chi connectivity index (χ3v) is 8.46. The molecule has 3 N–H and O–H groups in total. The van der Waals surface area contributed by atoms with Crippen molar-refractivity contribution in [3.8, 4) is 0 Å². The first-order chi connectivity index (χ1) is 14.6. The number of fused-ring (bicyclic) bond motifs is 1. The summed E-state index contributed by atoms with van der Waals surface area (Å²) < 4.78 is 0. The van der Waals surface area contributed by atoms with E-state index >= 15 is 0 Å². The molecule has 2 saturated carbocycles. The van der Waals surface area contributed by atoms with Gasteiger partial charge in [0.1, 0.15) is 5.00 Å². The monoisotopic (exact) mass is 446 g/mol. The van der Waals surface area contributed by atoms with Gasteiger partial charge in [0, 0.05) is 10.9 Å². The molecule has 4 rings (SSSR count). The maximum absolute atomic E-state index is 13.1. The topological polar surface area (TPSA) is 95.5 Å². The largest absolute Gasteiger partial charge is 0.481 e. The molecule has 0 bridgehead atoms. The first-order valence-electron chi connectivity index (χ1n) is 11.6. The van der Waals surface area contributed by atoms with Gasteiger partial charge in [-0.25, -0.2) is 0 Å². The van der Waals surface area contributed by atoms with Crippen LogP contribution in [0.5, 0.6) is 0 Å². The Balaban J connectivity index is 1.61. The fourth-order valence-electron chi connectivity index (χ4n) is 5.08. The number of thiophene rings is 1. The first kappa shape index (κ1) is 22.3. The fraction of sp³-hybridized carbons (Fsp3) is 0.708. The maximum Gasteiger partial charge on any atom is 0.307 e. The van der Waals surface area contributed by atoms with Crippen molar-refractivity contribution in [2.24, 2.45) is 23.2 Å². The second-order valence-electron chi connectivity index (χ2n) is 10.6. The van der Waals surface area contributed by atoms with Crippen LogP contribution in [0.15, 0.2) is 0 Å². The number of carboxylic acids is 1. The number of carbonyl (C=O) groups excluding carboxylic acids is 2. The van der Waals surface area contributed by atoms with Crippen LogP contribution in [-0.4, -0.2) is 28.9 Å². The average Bonchev–Trinajstić information content (AvgIpc) is 3.44. The molecule has 0 saturated heterocycles. The Labute approximate surface area is 188 Å². The lowest BCUT2D eigenvalue weighted by Gasteiger charge is -2.33.